The molecule has 0 saturated carbocycles. The molecule has 0 amide bonds. The zero-order valence-electron chi connectivity index (χ0n) is 13.0. The number of aliphatic hydroxyl groups is 3. The number of rotatable bonds is 11. The van der Waals surface area contributed by atoms with E-state index in [1.807, 2.05) is 0 Å². The predicted octanol–water partition coefficient (Wildman–Crippen LogP) is -0.329. The largest absolute Gasteiger partial charge is 0.443 e. The van der Waals surface area contributed by atoms with Crippen LogP contribution in [0.2, 0.25) is 0 Å². The highest BCUT2D eigenvalue weighted by molar-refractivity contribution is 5.84. The molecule has 24 heavy (non-hydrogen) atoms. The van der Waals surface area contributed by atoms with Gasteiger partial charge in [-0.1, -0.05) is 19.7 Å². The number of carbonyl (C=O) groups excluding carboxylic acids is 3. The molecule has 0 aromatic carbocycles. The van der Waals surface area contributed by atoms with E-state index in [1.54, 1.807) is 0 Å². The van der Waals surface area contributed by atoms with Gasteiger partial charge in [0.25, 0.3) is 0 Å². The highest BCUT2D eigenvalue weighted by atomic mass is 16.9. The Bertz CT molecular complexity index is 489. The molecule has 0 aromatic rings. The average Bonchev–Trinajstić information content (AvgIpc) is 2.54. The highest BCUT2D eigenvalue weighted by Crippen LogP contribution is 2.33. The van der Waals surface area contributed by atoms with Crippen molar-refractivity contribution in [3.05, 3.63) is 38.0 Å². The molecule has 0 aliphatic heterocycles. The third-order valence-corrected chi connectivity index (χ3v) is 2.66. The number of hydrogen-bond donors (Lipinski definition) is 3. The molecular weight excluding hydrogens is 324 g/mol. The summed E-state index contributed by atoms with van der Waals surface area (Å²) < 4.78 is 13.6. The van der Waals surface area contributed by atoms with E-state index in [9.17, 15) is 24.6 Å². The van der Waals surface area contributed by atoms with Crippen molar-refractivity contribution < 1.29 is 43.9 Å². The topological polar surface area (TPSA) is 140 Å². The maximum atomic E-state index is 11.4. The van der Waals surface area contributed by atoms with Gasteiger partial charge in [-0.25, -0.2) is 14.4 Å². The lowest BCUT2D eigenvalue weighted by Gasteiger charge is -2.38. The Hall–Kier alpha value is -2.49. The van der Waals surface area contributed by atoms with Gasteiger partial charge in [-0.05, 0) is 12.8 Å². The molecular formula is C15H20O9. The van der Waals surface area contributed by atoms with E-state index in [1.165, 1.54) is 0 Å². The first kappa shape index (κ1) is 21.5. The molecule has 9 heteroatoms. The lowest BCUT2D eigenvalue weighted by Crippen LogP contribution is -2.61. The Morgan fingerprint density at radius 1 is 0.833 bits per heavy atom. The summed E-state index contributed by atoms with van der Waals surface area (Å²) in [5.41, 5.74) is 0. The van der Waals surface area contributed by atoms with Gasteiger partial charge >= 0.3 is 29.7 Å². The molecule has 0 radical (unpaired) electrons. The van der Waals surface area contributed by atoms with E-state index >= 15 is 0 Å². The predicted molar refractivity (Wildman–Crippen MR) is 79.7 cm³/mol. The van der Waals surface area contributed by atoms with Crippen LogP contribution in [0.3, 0.4) is 0 Å². The van der Waals surface area contributed by atoms with Crippen molar-refractivity contribution in [1.82, 2.24) is 0 Å². The lowest BCUT2D eigenvalue weighted by molar-refractivity contribution is -0.442. The fourth-order valence-corrected chi connectivity index (χ4v) is 1.49. The molecule has 0 bridgehead atoms. The van der Waals surface area contributed by atoms with Crippen molar-refractivity contribution in [3.8, 4) is 0 Å². The van der Waals surface area contributed by atoms with Crippen molar-refractivity contribution in [2.24, 2.45) is 0 Å². The van der Waals surface area contributed by atoms with Crippen molar-refractivity contribution in [1.29, 1.82) is 0 Å². The highest BCUT2D eigenvalue weighted by Gasteiger charge is 2.60. The first-order valence-corrected chi connectivity index (χ1v) is 6.79. The van der Waals surface area contributed by atoms with Crippen LogP contribution in [0.4, 0.5) is 0 Å². The molecule has 0 heterocycles. The normalized spacial score (nSPS) is 13.1. The Morgan fingerprint density at radius 3 is 1.62 bits per heavy atom. The fraction of sp³-hybridized carbons (Fsp3) is 0.400. The average molecular weight is 344 g/mol. The number of aliphatic hydroxyl groups excluding tert-OH is 1. The molecule has 0 aromatic heterocycles. The van der Waals surface area contributed by atoms with Crippen molar-refractivity contribution in [3.63, 3.8) is 0 Å². The Kier molecular flexibility index (Phi) is 8.61. The summed E-state index contributed by atoms with van der Waals surface area (Å²) in [6.07, 6.45) is 1.53. The van der Waals surface area contributed by atoms with Crippen molar-refractivity contribution in [2.75, 3.05) is 6.61 Å². The molecule has 0 rings (SSSR count). The van der Waals surface area contributed by atoms with Crippen LogP contribution in [0, 0.1) is 0 Å². The van der Waals surface area contributed by atoms with E-state index in [2.05, 4.69) is 33.9 Å². The first-order valence-electron chi connectivity index (χ1n) is 6.79. The second-order valence-electron chi connectivity index (χ2n) is 4.42. The molecule has 3 N–H and O–H groups in total. The summed E-state index contributed by atoms with van der Waals surface area (Å²) in [4.78, 5) is 34.2. The summed E-state index contributed by atoms with van der Waals surface area (Å²) >= 11 is 0. The zero-order valence-corrected chi connectivity index (χ0v) is 13.0. The monoisotopic (exact) mass is 344 g/mol. The van der Waals surface area contributed by atoms with E-state index in [0.29, 0.717) is 18.2 Å². The quantitative estimate of drug-likeness (QED) is 0.199. The molecule has 134 valence electrons. The van der Waals surface area contributed by atoms with E-state index < -0.39 is 36.1 Å². The fourth-order valence-electron chi connectivity index (χ4n) is 1.49. The maximum absolute atomic E-state index is 11.4. The van der Waals surface area contributed by atoms with Gasteiger partial charge in [0, 0.05) is 31.3 Å². The molecule has 0 spiro atoms. The smallest absolute Gasteiger partial charge is 0.418 e. The van der Waals surface area contributed by atoms with Crippen LogP contribution in [-0.2, 0) is 28.6 Å². The number of unbranched alkanes of at least 4 members (excludes halogenated alkanes) is 1. The molecule has 1 atom stereocenters. The van der Waals surface area contributed by atoms with Gasteiger partial charge in [-0.2, -0.15) is 0 Å². The van der Waals surface area contributed by atoms with Crippen LogP contribution in [0.1, 0.15) is 19.3 Å². The Morgan fingerprint density at radius 2 is 1.25 bits per heavy atom. The second-order valence-corrected chi connectivity index (χ2v) is 4.42. The third kappa shape index (κ3) is 5.95. The Labute approximate surface area is 138 Å². The number of hydrogen-bond acceptors (Lipinski definition) is 9. The molecule has 0 fully saturated rings. The van der Waals surface area contributed by atoms with Crippen LogP contribution in [-0.4, -0.2) is 51.6 Å². The summed E-state index contributed by atoms with van der Waals surface area (Å²) in [7, 11) is 0. The van der Waals surface area contributed by atoms with E-state index in [0.717, 1.165) is 0 Å². The van der Waals surface area contributed by atoms with E-state index in [4.69, 9.17) is 5.11 Å². The molecule has 1 unspecified atom stereocenters. The minimum atomic E-state index is -3.38. The van der Waals surface area contributed by atoms with Crippen LogP contribution in [0.15, 0.2) is 38.0 Å². The van der Waals surface area contributed by atoms with Crippen molar-refractivity contribution in [2.45, 2.75) is 31.0 Å². The summed E-state index contributed by atoms with van der Waals surface area (Å²) in [5, 5.41) is 29.7. The standard InChI is InChI=1S/C15H20O9/c1-4-11(17)22-14(20,9-7-8-10-16)15(21,23-12(18)5-2)24-13(19)6-3/h4-6,16,20-21H,1-3,7-10H2. The summed E-state index contributed by atoms with van der Waals surface area (Å²) in [6.45, 7) is 9.05. The van der Waals surface area contributed by atoms with Gasteiger partial charge in [0.05, 0.1) is 0 Å². The van der Waals surface area contributed by atoms with Gasteiger partial charge in [-0.15, -0.1) is 0 Å². The number of ether oxygens (including phenoxy) is 3. The SMILES string of the molecule is C=CC(=O)OC(O)(CCCCO)C(O)(OC(=O)C=C)OC(=O)C=C. The number of esters is 3. The minimum absolute atomic E-state index is 0.0109. The van der Waals surface area contributed by atoms with Crippen LogP contribution < -0.4 is 0 Å². The maximum Gasteiger partial charge on any atom is 0.443 e. The molecule has 0 saturated heterocycles. The van der Waals surface area contributed by atoms with Gasteiger partial charge in [0.15, 0.2) is 0 Å². The summed E-state index contributed by atoms with van der Waals surface area (Å²) in [6, 6.07) is 0. The van der Waals surface area contributed by atoms with Gasteiger partial charge in [-0.3, -0.25) is 0 Å². The van der Waals surface area contributed by atoms with Crippen molar-refractivity contribution >= 4 is 17.9 Å². The van der Waals surface area contributed by atoms with Crippen LogP contribution in [0.25, 0.3) is 0 Å². The molecule has 0 aliphatic rings. The first-order chi connectivity index (χ1) is 11.2. The summed E-state index contributed by atoms with van der Waals surface area (Å²) in [5.74, 6) is -10.1. The van der Waals surface area contributed by atoms with E-state index in [-0.39, 0.29) is 19.4 Å². The van der Waals surface area contributed by atoms with Gasteiger partial charge < -0.3 is 29.5 Å². The van der Waals surface area contributed by atoms with Gasteiger partial charge in [0.1, 0.15) is 0 Å². The third-order valence-electron chi connectivity index (χ3n) is 2.66. The minimum Gasteiger partial charge on any atom is -0.418 e. The lowest BCUT2D eigenvalue weighted by atomic mass is 10.1. The number of carbonyl (C=O) groups is 3. The second kappa shape index (κ2) is 9.60. The zero-order chi connectivity index (χ0) is 18.8. The van der Waals surface area contributed by atoms with Gasteiger partial charge in [0.2, 0.25) is 0 Å². The molecule has 9 nitrogen and oxygen atoms in total. The Balaban J connectivity index is 5.80. The van der Waals surface area contributed by atoms with Crippen LogP contribution >= 0.6 is 0 Å². The molecule has 0 aliphatic carbocycles. The van der Waals surface area contributed by atoms with Crippen LogP contribution in [0.5, 0.6) is 0 Å².